The molecule has 0 aliphatic carbocycles. The Hall–Kier alpha value is -1.81. The normalized spacial score (nSPS) is 16.4. The van der Waals surface area contributed by atoms with E-state index in [9.17, 15) is 0 Å². The van der Waals surface area contributed by atoms with Gasteiger partial charge in [0.2, 0.25) is 0 Å². The van der Waals surface area contributed by atoms with E-state index in [1.807, 2.05) is 12.1 Å². The lowest BCUT2D eigenvalue weighted by Crippen LogP contribution is -2.22. The molecule has 19 heavy (non-hydrogen) atoms. The van der Waals surface area contributed by atoms with Crippen LogP contribution in [-0.4, -0.2) is 24.7 Å². The van der Waals surface area contributed by atoms with Crippen LogP contribution in [0.15, 0.2) is 41.3 Å². The van der Waals surface area contributed by atoms with Crippen molar-refractivity contribution in [2.45, 2.75) is 12.8 Å². The van der Waals surface area contributed by atoms with Crippen molar-refractivity contribution in [1.29, 1.82) is 0 Å². The van der Waals surface area contributed by atoms with Crippen LogP contribution < -0.4 is 5.32 Å². The van der Waals surface area contributed by atoms with Crippen LogP contribution in [0, 0.1) is 5.92 Å². The zero-order valence-corrected chi connectivity index (χ0v) is 10.8. The first-order valence-corrected chi connectivity index (χ1v) is 6.72. The van der Waals surface area contributed by atoms with Gasteiger partial charge in [0, 0.05) is 31.0 Å². The van der Waals surface area contributed by atoms with Gasteiger partial charge in [0.25, 0.3) is 0 Å². The molecular formula is C15H18N2O2. The van der Waals surface area contributed by atoms with E-state index in [1.54, 1.807) is 6.20 Å². The van der Waals surface area contributed by atoms with Crippen LogP contribution in [0.25, 0.3) is 11.3 Å². The lowest BCUT2D eigenvalue weighted by atomic mass is 10.0. The molecule has 1 aromatic heterocycles. The molecule has 1 fully saturated rings. The van der Waals surface area contributed by atoms with Crippen molar-refractivity contribution in [2.75, 3.05) is 25.1 Å². The van der Waals surface area contributed by atoms with Crippen LogP contribution in [0.5, 0.6) is 0 Å². The Morgan fingerprint density at radius 1 is 1.26 bits per heavy atom. The summed E-state index contributed by atoms with van der Waals surface area (Å²) in [5, 5.41) is 3.50. The standard InChI is InChI=1S/C15H18N2O2/c1-2-13(15-10-16-11-19-15)8-14(3-1)17-9-12-4-6-18-7-5-12/h1-3,8,10-12,17H,4-7,9H2. The van der Waals surface area contributed by atoms with Gasteiger partial charge in [0.1, 0.15) is 0 Å². The maximum atomic E-state index is 5.37. The second kappa shape index (κ2) is 5.89. The Kier molecular flexibility index (Phi) is 3.79. The fraction of sp³-hybridized carbons (Fsp3) is 0.400. The van der Waals surface area contributed by atoms with Crippen LogP contribution in [0.4, 0.5) is 5.69 Å². The van der Waals surface area contributed by atoms with Gasteiger partial charge in [0.05, 0.1) is 6.20 Å². The van der Waals surface area contributed by atoms with Crippen molar-refractivity contribution in [1.82, 2.24) is 4.98 Å². The largest absolute Gasteiger partial charge is 0.444 e. The van der Waals surface area contributed by atoms with Gasteiger partial charge in [0.15, 0.2) is 12.2 Å². The molecule has 0 bridgehead atoms. The molecule has 1 aromatic carbocycles. The molecule has 3 rings (SSSR count). The van der Waals surface area contributed by atoms with Crippen molar-refractivity contribution < 1.29 is 9.15 Å². The lowest BCUT2D eigenvalue weighted by Gasteiger charge is -2.22. The van der Waals surface area contributed by atoms with Gasteiger partial charge in [-0.3, -0.25) is 0 Å². The predicted molar refractivity (Wildman–Crippen MR) is 74.0 cm³/mol. The summed E-state index contributed by atoms with van der Waals surface area (Å²) in [4.78, 5) is 3.95. The first kappa shape index (κ1) is 12.2. The van der Waals surface area contributed by atoms with E-state index in [1.165, 1.54) is 6.39 Å². The highest BCUT2D eigenvalue weighted by molar-refractivity contribution is 5.63. The molecule has 1 saturated heterocycles. The number of nitrogens with one attached hydrogen (secondary N) is 1. The maximum Gasteiger partial charge on any atom is 0.181 e. The molecule has 1 aliphatic rings. The van der Waals surface area contributed by atoms with Crippen molar-refractivity contribution >= 4 is 5.69 Å². The third kappa shape index (κ3) is 3.15. The van der Waals surface area contributed by atoms with Gasteiger partial charge in [-0.15, -0.1) is 0 Å². The van der Waals surface area contributed by atoms with E-state index in [4.69, 9.17) is 9.15 Å². The van der Waals surface area contributed by atoms with Crippen molar-refractivity contribution in [3.05, 3.63) is 36.9 Å². The Balaban J connectivity index is 1.63. The van der Waals surface area contributed by atoms with E-state index in [0.29, 0.717) is 5.92 Å². The summed E-state index contributed by atoms with van der Waals surface area (Å²) in [6, 6.07) is 8.24. The van der Waals surface area contributed by atoms with E-state index in [-0.39, 0.29) is 0 Å². The summed E-state index contributed by atoms with van der Waals surface area (Å²) in [6.45, 7) is 2.79. The molecule has 2 aromatic rings. The van der Waals surface area contributed by atoms with Gasteiger partial charge in [-0.25, -0.2) is 4.98 Å². The first-order valence-electron chi connectivity index (χ1n) is 6.72. The Bertz CT molecular complexity index is 505. The minimum absolute atomic E-state index is 0.711. The smallest absolute Gasteiger partial charge is 0.181 e. The number of aromatic nitrogens is 1. The maximum absolute atomic E-state index is 5.37. The minimum atomic E-state index is 0.711. The van der Waals surface area contributed by atoms with E-state index in [0.717, 1.165) is 49.6 Å². The molecule has 1 N–H and O–H groups in total. The van der Waals surface area contributed by atoms with Gasteiger partial charge < -0.3 is 14.5 Å². The summed E-state index contributed by atoms with van der Waals surface area (Å²) < 4.78 is 10.7. The fourth-order valence-electron chi connectivity index (χ4n) is 2.35. The number of nitrogens with zero attached hydrogens (tertiary/aromatic N) is 1. The Labute approximate surface area is 112 Å². The average Bonchev–Trinajstić information content (AvgIpc) is 3.01. The molecule has 4 nitrogen and oxygen atoms in total. The number of rotatable bonds is 4. The number of hydrogen-bond acceptors (Lipinski definition) is 4. The van der Waals surface area contributed by atoms with E-state index < -0.39 is 0 Å². The van der Waals surface area contributed by atoms with Crippen molar-refractivity contribution in [3.63, 3.8) is 0 Å². The van der Waals surface area contributed by atoms with Crippen LogP contribution in [-0.2, 0) is 4.74 Å². The Morgan fingerprint density at radius 3 is 2.95 bits per heavy atom. The highest BCUT2D eigenvalue weighted by atomic mass is 16.5. The fourth-order valence-corrected chi connectivity index (χ4v) is 2.35. The van der Waals surface area contributed by atoms with Gasteiger partial charge in [-0.2, -0.15) is 0 Å². The SMILES string of the molecule is c1cc(NCC2CCOCC2)cc(-c2cnco2)c1. The van der Waals surface area contributed by atoms with Crippen molar-refractivity contribution in [2.24, 2.45) is 5.92 Å². The van der Waals surface area contributed by atoms with E-state index in [2.05, 4.69) is 22.4 Å². The highest BCUT2D eigenvalue weighted by Crippen LogP contribution is 2.23. The first-order chi connectivity index (χ1) is 9.42. The van der Waals surface area contributed by atoms with Gasteiger partial charge in [-0.05, 0) is 30.9 Å². The quantitative estimate of drug-likeness (QED) is 0.915. The van der Waals surface area contributed by atoms with Crippen LogP contribution in [0.3, 0.4) is 0 Å². The molecule has 0 atom stereocenters. The lowest BCUT2D eigenvalue weighted by molar-refractivity contribution is 0.0699. The second-order valence-electron chi connectivity index (χ2n) is 4.88. The number of hydrogen-bond donors (Lipinski definition) is 1. The summed E-state index contributed by atoms with van der Waals surface area (Å²) in [6.07, 6.45) is 5.48. The number of benzene rings is 1. The molecule has 0 saturated carbocycles. The number of oxazole rings is 1. The van der Waals surface area contributed by atoms with E-state index >= 15 is 0 Å². The number of anilines is 1. The third-order valence-electron chi connectivity index (χ3n) is 3.52. The molecule has 0 unspecified atom stereocenters. The molecule has 4 heteroatoms. The third-order valence-corrected chi connectivity index (χ3v) is 3.52. The molecule has 2 heterocycles. The molecule has 0 amide bonds. The molecule has 1 aliphatic heterocycles. The Morgan fingerprint density at radius 2 is 2.16 bits per heavy atom. The zero-order chi connectivity index (χ0) is 12.9. The summed E-state index contributed by atoms with van der Waals surface area (Å²) >= 11 is 0. The monoisotopic (exact) mass is 258 g/mol. The molecule has 0 spiro atoms. The predicted octanol–water partition coefficient (Wildman–Crippen LogP) is 3.18. The topological polar surface area (TPSA) is 47.3 Å². The highest BCUT2D eigenvalue weighted by Gasteiger charge is 2.13. The minimum Gasteiger partial charge on any atom is -0.444 e. The summed E-state index contributed by atoms with van der Waals surface area (Å²) in [7, 11) is 0. The molecule has 100 valence electrons. The van der Waals surface area contributed by atoms with Crippen LogP contribution in [0.2, 0.25) is 0 Å². The molecule has 0 radical (unpaired) electrons. The van der Waals surface area contributed by atoms with Crippen LogP contribution in [0.1, 0.15) is 12.8 Å². The average molecular weight is 258 g/mol. The van der Waals surface area contributed by atoms with Gasteiger partial charge in [-0.1, -0.05) is 12.1 Å². The summed E-state index contributed by atoms with van der Waals surface area (Å²) in [5.74, 6) is 1.51. The zero-order valence-electron chi connectivity index (χ0n) is 10.8. The van der Waals surface area contributed by atoms with Crippen LogP contribution >= 0.6 is 0 Å². The number of ether oxygens (including phenoxy) is 1. The molecular weight excluding hydrogens is 240 g/mol. The second-order valence-corrected chi connectivity index (χ2v) is 4.88. The van der Waals surface area contributed by atoms with Crippen molar-refractivity contribution in [3.8, 4) is 11.3 Å². The summed E-state index contributed by atoms with van der Waals surface area (Å²) in [5.41, 5.74) is 2.18. The van der Waals surface area contributed by atoms with Gasteiger partial charge >= 0.3 is 0 Å².